The number of nitrogens with two attached hydrogens (primary N) is 1. The molecule has 0 bridgehead atoms. The minimum Gasteiger partial charge on any atom is -0.326 e. The number of hydrogen-bond acceptors (Lipinski definition) is 2. The topological polar surface area (TPSA) is 58.4 Å². The molecule has 4 nitrogen and oxygen atoms in total. The summed E-state index contributed by atoms with van der Waals surface area (Å²) < 4.78 is 0. The summed E-state index contributed by atoms with van der Waals surface area (Å²) >= 11 is 0. The molecule has 0 heterocycles. The molecular weight excluding hydrogens is 250 g/mol. The Morgan fingerprint density at radius 3 is 2.65 bits per heavy atom. The molecule has 0 spiro atoms. The van der Waals surface area contributed by atoms with Gasteiger partial charge in [-0.25, -0.2) is 4.79 Å². The Morgan fingerprint density at radius 1 is 1.20 bits per heavy atom. The molecule has 2 amide bonds. The summed E-state index contributed by atoms with van der Waals surface area (Å²) in [5.41, 5.74) is 9.31. The first-order valence-electron chi connectivity index (χ1n) is 6.50. The van der Waals surface area contributed by atoms with Crippen molar-refractivity contribution in [3.8, 4) is 0 Å². The summed E-state index contributed by atoms with van der Waals surface area (Å²) in [4.78, 5) is 13.8. The first kappa shape index (κ1) is 14.1. The monoisotopic (exact) mass is 269 g/mol. The molecule has 0 atom stereocenters. The highest BCUT2D eigenvalue weighted by Crippen LogP contribution is 2.16. The zero-order chi connectivity index (χ0) is 14.5. The third-order valence-corrected chi connectivity index (χ3v) is 3.11. The van der Waals surface area contributed by atoms with Crippen molar-refractivity contribution in [1.29, 1.82) is 0 Å². The van der Waals surface area contributed by atoms with Crippen LogP contribution in [0.2, 0.25) is 0 Å². The van der Waals surface area contributed by atoms with E-state index in [0.29, 0.717) is 6.54 Å². The van der Waals surface area contributed by atoms with Crippen LogP contribution in [-0.4, -0.2) is 13.1 Å². The van der Waals surface area contributed by atoms with Crippen molar-refractivity contribution < 1.29 is 4.79 Å². The number of urea groups is 1. The Kier molecular flexibility index (Phi) is 4.38. The molecule has 0 saturated heterocycles. The second kappa shape index (κ2) is 6.21. The van der Waals surface area contributed by atoms with Gasteiger partial charge in [-0.1, -0.05) is 24.3 Å². The smallest absolute Gasteiger partial charge is 0.326 e. The van der Waals surface area contributed by atoms with E-state index < -0.39 is 0 Å². The zero-order valence-electron chi connectivity index (χ0n) is 11.8. The fourth-order valence-electron chi connectivity index (χ4n) is 1.94. The molecule has 104 valence electrons. The number of hydrogen-bond donors (Lipinski definition) is 2. The van der Waals surface area contributed by atoms with E-state index in [1.165, 1.54) is 0 Å². The van der Waals surface area contributed by atoms with Crippen molar-refractivity contribution in [1.82, 2.24) is 0 Å². The van der Waals surface area contributed by atoms with E-state index in [-0.39, 0.29) is 6.03 Å². The van der Waals surface area contributed by atoms with Crippen molar-refractivity contribution in [2.75, 3.05) is 17.3 Å². The lowest BCUT2D eigenvalue weighted by Gasteiger charge is -2.18. The molecule has 0 unspecified atom stereocenters. The van der Waals surface area contributed by atoms with Crippen LogP contribution in [0, 0.1) is 6.92 Å². The van der Waals surface area contributed by atoms with Gasteiger partial charge in [-0.2, -0.15) is 0 Å². The van der Waals surface area contributed by atoms with Crippen LogP contribution in [0.3, 0.4) is 0 Å². The van der Waals surface area contributed by atoms with E-state index >= 15 is 0 Å². The van der Waals surface area contributed by atoms with Crippen LogP contribution in [0.4, 0.5) is 16.2 Å². The Morgan fingerprint density at radius 2 is 1.95 bits per heavy atom. The Balaban J connectivity index is 2.11. The fourth-order valence-corrected chi connectivity index (χ4v) is 1.94. The Hall–Kier alpha value is -2.33. The molecule has 0 aromatic heterocycles. The molecule has 0 fully saturated rings. The first-order valence-corrected chi connectivity index (χ1v) is 6.50. The summed E-state index contributed by atoms with van der Waals surface area (Å²) in [5, 5.41) is 2.87. The lowest BCUT2D eigenvalue weighted by molar-refractivity contribution is 0.258. The molecule has 0 aliphatic heterocycles. The summed E-state index contributed by atoms with van der Waals surface area (Å²) in [6.45, 7) is 2.46. The van der Waals surface area contributed by atoms with Gasteiger partial charge in [0.2, 0.25) is 0 Å². The van der Waals surface area contributed by atoms with Crippen LogP contribution in [0.1, 0.15) is 11.1 Å². The standard InChI is InChI=1S/C16H19N3O/c1-12-5-3-8-15(9-12)19(2)16(20)18-14-7-4-6-13(10-14)11-17/h3-10H,11,17H2,1-2H3,(H,18,20). The number of carbonyl (C=O) groups is 1. The number of benzene rings is 2. The summed E-state index contributed by atoms with van der Waals surface area (Å²) in [7, 11) is 1.75. The van der Waals surface area contributed by atoms with E-state index in [2.05, 4.69) is 5.32 Å². The van der Waals surface area contributed by atoms with Gasteiger partial charge in [-0.3, -0.25) is 4.90 Å². The van der Waals surface area contributed by atoms with Gasteiger partial charge in [0.15, 0.2) is 0 Å². The van der Waals surface area contributed by atoms with Crippen LogP contribution in [0.25, 0.3) is 0 Å². The Bertz CT molecular complexity index is 610. The van der Waals surface area contributed by atoms with Gasteiger partial charge in [-0.05, 0) is 42.3 Å². The highest BCUT2D eigenvalue weighted by molar-refractivity contribution is 6.01. The zero-order valence-corrected chi connectivity index (χ0v) is 11.8. The third-order valence-electron chi connectivity index (χ3n) is 3.11. The third kappa shape index (κ3) is 3.36. The average Bonchev–Trinajstić information content (AvgIpc) is 2.46. The second-order valence-corrected chi connectivity index (χ2v) is 4.73. The fraction of sp³-hybridized carbons (Fsp3) is 0.188. The summed E-state index contributed by atoms with van der Waals surface area (Å²) in [5.74, 6) is 0. The predicted molar refractivity (Wildman–Crippen MR) is 82.9 cm³/mol. The normalized spacial score (nSPS) is 10.2. The van der Waals surface area contributed by atoms with E-state index in [4.69, 9.17) is 5.73 Å². The van der Waals surface area contributed by atoms with Gasteiger partial charge >= 0.3 is 6.03 Å². The van der Waals surface area contributed by atoms with Gasteiger partial charge in [0.25, 0.3) is 0 Å². The molecule has 3 N–H and O–H groups in total. The van der Waals surface area contributed by atoms with E-state index in [0.717, 1.165) is 22.5 Å². The van der Waals surface area contributed by atoms with Crippen molar-refractivity contribution >= 4 is 17.4 Å². The van der Waals surface area contributed by atoms with Crippen molar-refractivity contribution in [2.45, 2.75) is 13.5 Å². The molecule has 0 saturated carbocycles. The average molecular weight is 269 g/mol. The van der Waals surface area contributed by atoms with Gasteiger partial charge < -0.3 is 11.1 Å². The van der Waals surface area contributed by atoms with E-state index in [9.17, 15) is 4.79 Å². The number of aryl methyl sites for hydroxylation is 1. The molecule has 4 heteroatoms. The molecule has 2 rings (SSSR count). The number of rotatable bonds is 3. The van der Waals surface area contributed by atoms with Crippen molar-refractivity contribution in [2.24, 2.45) is 5.73 Å². The largest absolute Gasteiger partial charge is 0.326 e. The van der Waals surface area contributed by atoms with E-state index in [1.807, 2.05) is 55.5 Å². The second-order valence-electron chi connectivity index (χ2n) is 4.73. The minimum absolute atomic E-state index is 0.176. The first-order chi connectivity index (χ1) is 9.60. The molecule has 0 aliphatic rings. The van der Waals surface area contributed by atoms with Gasteiger partial charge in [-0.15, -0.1) is 0 Å². The Labute approximate surface area is 119 Å². The number of nitrogens with one attached hydrogen (secondary N) is 1. The summed E-state index contributed by atoms with van der Waals surface area (Å²) in [6.07, 6.45) is 0. The maximum Gasteiger partial charge on any atom is 0.326 e. The number of carbonyl (C=O) groups excluding carboxylic acids is 1. The van der Waals surface area contributed by atoms with E-state index in [1.54, 1.807) is 11.9 Å². The molecule has 2 aromatic rings. The van der Waals surface area contributed by atoms with Crippen LogP contribution in [0.15, 0.2) is 48.5 Å². The molecule has 0 radical (unpaired) electrons. The highest BCUT2D eigenvalue weighted by Gasteiger charge is 2.11. The molecule has 20 heavy (non-hydrogen) atoms. The molecule has 0 aliphatic carbocycles. The lowest BCUT2D eigenvalue weighted by Crippen LogP contribution is -2.31. The van der Waals surface area contributed by atoms with Crippen LogP contribution in [0.5, 0.6) is 0 Å². The summed E-state index contributed by atoms with van der Waals surface area (Å²) in [6, 6.07) is 15.2. The predicted octanol–water partition coefficient (Wildman–Crippen LogP) is 3.12. The lowest BCUT2D eigenvalue weighted by atomic mass is 10.2. The van der Waals surface area contributed by atoms with Gasteiger partial charge in [0, 0.05) is 25.0 Å². The van der Waals surface area contributed by atoms with Gasteiger partial charge in [0.1, 0.15) is 0 Å². The van der Waals surface area contributed by atoms with Crippen LogP contribution < -0.4 is 16.0 Å². The SMILES string of the molecule is Cc1cccc(N(C)C(=O)Nc2cccc(CN)c2)c1. The molecule has 2 aromatic carbocycles. The number of amides is 2. The minimum atomic E-state index is -0.176. The highest BCUT2D eigenvalue weighted by atomic mass is 16.2. The number of anilines is 2. The number of nitrogens with zero attached hydrogens (tertiary/aromatic N) is 1. The van der Waals surface area contributed by atoms with Crippen molar-refractivity contribution in [3.63, 3.8) is 0 Å². The van der Waals surface area contributed by atoms with Crippen LogP contribution >= 0.6 is 0 Å². The van der Waals surface area contributed by atoms with Crippen molar-refractivity contribution in [3.05, 3.63) is 59.7 Å². The quantitative estimate of drug-likeness (QED) is 0.899. The van der Waals surface area contributed by atoms with Gasteiger partial charge in [0.05, 0.1) is 0 Å². The van der Waals surface area contributed by atoms with Crippen LogP contribution in [-0.2, 0) is 6.54 Å². The molecular formula is C16H19N3O. The maximum atomic E-state index is 12.2. The maximum absolute atomic E-state index is 12.2.